The lowest BCUT2D eigenvalue weighted by atomic mass is 9.99. The molecular formula is C12H21N5. The Hall–Kier alpha value is -1.38. The standard InChI is InChI=1S/C12H21N5/c1-4-11(14)12(16(2)7-5-6-13)10-8-15-17(3)9-10/h8-9,11-12H,4-5,7,14H2,1-3H3. The number of aryl methyl sites for hydroxylation is 1. The van der Waals surface area contributed by atoms with Crippen LogP contribution in [0.15, 0.2) is 12.4 Å². The number of likely N-dealkylation sites (N-methyl/N-ethyl adjacent to an activating group) is 1. The van der Waals surface area contributed by atoms with Crippen molar-refractivity contribution in [2.75, 3.05) is 13.6 Å². The number of aromatic nitrogens is 2. The van der Waals surface area contributed by atoms with Gasteiger partial charge in [-0.05, 0) is 13.5 Å². The zero-order chi connectivity index (χ0) is 12.8. The van der Waals surface area contributed by atoms with Gasteiger partial charge in [0.2, 0.25) is 0 Å². The Morgan fingerprint density at radius 3 is 2.82 bits per heavy atom. The van der Waals surface area contributed by atoms with E-state index in [0.717, 1.165) is 18.5 Å². The molecule has 0 aliphatic heterocycles. The van der Waals surface area contributed by atoms with Crippen LogP contribution in [-0.4, -0.2) is 34.3 Å². The van der Waals surface area contributed by atoms with Crippen LogP contribution in [0.4, 0.5) is 0 Å². The molecule has 5 heteroatoms. The third kappa shape index (κ3) is 3.55. The highest BCUT2D eigenvalue weighted by atomic mass is 15.2. The van der Waals surface area contributed by atoms with E-state index in [1.165, 1.54) is 0 Å². The van der Waals surface area contributed by atoms with E-state index in [1.54, 1.807) is 4.68 Å². The van der Waals surface area contributed by atoms with Gasteiger partial charge >= 0.3 is 0 Å². The van der Waals surface area contributed by atoms with Crippen molar-refractivity contribution in [1.29, 1.82) is 5.26 Å². The zero-order valence-corrected chi connectivity index (χ0v) is 10.8. The summed E-state index contributed by atoms with van der Waals surface area (Å²) in [5, 5.41) is 12.8. The Labute approximate surface area is 103 Å². The fourth-order valence-electron chi connectivity index (χ4n) is 2.01. The van der Waals surface area contributed by atoms with Crippen LogP contribution in [0.3, 0.4) is 0 Å². The summed E-state index contributed by atoms with van der Waals surface area (Å²) < 4.78 is 1.78. The van der Waals surface area contributed by atoms with Gasteiger partial charge in [0.05, 0.1) is 18.3 Å². The molecule has 0 amide bonds. The third-order valence-electron chi connectivity index (χ3n) is 2.99. The number of rotatable bonds is 6. The van der Waals surface area contributed by atoms with E-state index in [9.17, 15) is 0 Å². The lowest BCUT2D eigenvalue weighted by molar-refractivity contribution is 0.214. The van der Waals surface area contributed by atoms with Gasteiger partial charge in [-0.2, -0.15) is 10.4 Å². The Balaban J connectivity index is 2.84. The second-order valence-corrected chi connectivity index (χ2v) is 4.35. The topological polar surface area (TPSA) is 70.9 Å². The zero-order valence-electron chi connectivity index (χ0n) is 10.8. The van der Waals surface area contributed by atoms with E-state index in [-0.39, 0.29) is 12.1 Å². The second-order valence-electron chi connectivity index (χ2n) is 4.35. The van der Waals surface area contributed by atoms with Gasteiger partial charge in [-0.25, -0.2) is 0 Å². The fourth-order valence-corrected chi connectivity index (χ4v) is 2.01. The van der Waals surface area contributed by atoms with Crippen molar-refractivity contribution >= 4 is 0 Å². The van der Waals surface area contributed by atoms with Crippen molar-refractivity contribution in [1.82, 2.24) is 14.7 Å². The first-order chi connectivity index (χ1) is 8.10. The second kappa shape index (κ2) is 6.38. The molecule has 1 heterocycles. The highest BCUT2D eigenvalue weighted by molar-refractivity contribution is 5.13. The van der Waals surface area contributed by atoms with E-state index in [0.29, 0.717) is 6.42 Å². The molecule has 1 aromatic heterocycles. The predicted molar refractivity (Wildman–Crippen MR) is 67.1 cm³/mol. The van der Waals surface area contributed by atoms with Gasteiger partial charge in [0.25, 0.3) is 0 Å². The quantitative estimate of drug-likeness (QED) is 0.800. The molecule has 1 rings (SSSR count). The molecule has 2 atom stereocenters. The van der Waals surface area contributed by atoms with Crippen molar-refractivity contribution in [2.45, 2.75) is 31.8 Å². The van der Waals surface area contributed by atoms with E-state index < -0.39 is 0 Å². The number of nitrogens with two attached hydrogens (primary N) is 1. The van der Waals surface area contributed by atoms with Crippen molar-refractivity contribution in [3.8, 4) is 6.07 Å². The van der Waals surface area contributed by atoms with Crippen LogP contribution in [0.5, 0.6) is 0 Å². The van der Waals surface area contributed by atoms with Gasteiger partial charge in [0.1, 0.15) is 0 Å². The van der Waals surface area contributed by atoms with Crippen molar-refractivity contribution in [2.24, 2.45) is 12.8 Å². The predicted octanol–water partition coefficient (Wildman–Crippen LogP) is 1.04. The van der Waals surface area contributed by atoms with E-state index in [4.69, 9.17) is 11.0 Å². The summed E-state index contributed by atoms with van der Waals surface area (Å²) in [5.41, 5.74) is 7.28. The number of nitrogens with zero attached hydrogens (tertiary/aromatic N) is 4. The molecule has 0 saturated carbocycles. The average molecular weight is 235 g/mol. The summed E-state index contributed by atoms with van der Waals surface area (Å²) >= 11 is 0. The van der Waals surface area contributed by atoms with E-state index in [2.05, 4.69) is 23.0 Å². The Bertz CT molecular complexity index is 378. The molecular weight excluding hydrogens is 214 g/mol. The summed E-state index contributed by atoms with van der Waals surface area (Å²) in [7, 11) is 3.90. The molecule has 17 heavy (non-hydrogen) atoms. The maximum atomic E-state index is 8.64. The minimum absolute atomic E-state index is 0.0582. The third-order valence-corrected chi connectivity index (χ3v) is 2.99. The Kier molecular flexibility index (Phi) is 5.13. The molecule has 0 bridgehead atoms. The molecule has 0 radical (unpaired) electrons. The van der Waals surface area contributed by atoms with Crippen LogP contribution in [0.1, 0.15) is 31.4 Å². The molecule has 1 aromatic rings. The molecule has 0 aliphatic rings. The highest BCUT2D eigenvalue weighted by Gasteiger charge is 2.23. The maximum Gasteiger partial charge on any atom is 0.0635 e. The van der Waals surface area contributed by atoms with Crippen LogP contribution >= 0.6 is 0 Å². The van der Waals surface area contributed by atoms with Crippen LogP contribution in [0.25, 0.3) is 0 Å². The summed E-state index contributed by atoms with van der Waals surface area (Å²) in [4.78, 5) is 2.13. The molecule has 0 fully saturated rings. The summed E-state index contributed by atoms with van der Waals surface area (Å²) in [6.45, 7) is 2.80. The first-order valence-corrected chi connectivity index (χ1v) is 5.91. The van der Waals surface area contributed by atoms with E-state index in [1.807, 2.05) is 26.5 Å². The highest BCUT2D eigenvalue weighted by Crippen LogP contribution is 2.23. The van der Waals surface area contributed by atoms with Gasteiger partial charge in [-0.1, -0.05) is 6.92 Å². The molecule has 0 aromatic carbocycles. The number of nitriles is 1. The first kappa shape index (κ1) is 13.7. The molecule has 0 saturated heterocycles. The van der Waals surface area contributed by atoms with Gasteiger partial charge in [0, 0.05) is 37.8 Å². The minimum Gasteiger partial charge on any atom is -0.326 e. The molecule has 2 N–H and O–H groups in total. The van der Waals surface area contributed by atoms with Gasteiger partial charge in [-0.15, -0.1) is 0 Å². The van der Waals surface area contributed by atoms with E-state index >= 15 is 0 Å². The van der Waals surface area contributed by atoms with Gasteiger partial charge in [-0.3, -0.25) is 9.58 Å². The average Bonchev–Trinajstić information content (AvgIpc) is 2.73. The van der Waals surface area contributed by atoms with Crippen LogP contribution in [0, 0.1) is 11.3 Å². The molecule has 5 nitrogen and oxygen atoms in total. The number of hydrogen-bond donors (Lipinski definition) is 1. The van der Waals surface area contributed by atoms with Gasteiger partial charge in [0.15, 0.2) is 0 Å². The first-order valence-electron chi connectivity index (χ1n) is 5.91. The summed E-state index contributed by atoms with van der Waals surface area (Å²) in [6, 6.07) is 2.35. The lowest BCUT2D eigenvalue weighted by Gasteiger charge is -2.31. The Morgan fingerprint density at radius 1 is 1.65 bits per heavy atom. The van der Waals surface area contributed by atoms with Crippen molar-refractivity contribution in [3.05, 3.63) is 18.0 Å². The number of hydrogen-bond acceptors (Lipinski definition) is 4. The monoisotopic (exact) mass is 235 g/mol. The van der Waals surface area contributed by atoms with Crippen molar-refractivity contribution in [3.63, 3.8) is 0 Å². The Morgan fingerprint density at radius 2 is 2.35 bits per heavy atom. The maximum absolute atomic E-state index is 8.64. The SMILES string of the molecule is CCC(N)C(c1cnn(C)c1)N(C)CCC#N. The fraction of sp³-hybridized carbons (Fsp3) is 0.667. The van der Waals surface area contributed by atoms with Crippen LogP contribution in [0.2, 0.25) is 0 Å². The largest absolute Gasteiger partial charge is 0.326 e. The molecule has 0 aliphatic carbocycles. The smallest absolute Gasteiger partial charge is 0.0635 e. The lowest BCUT2D eigenvalue weighted by Crippen LogP contribution is -2.39. The normalized spacial score (nSPS) is 14.6. The van der Waals surface area contributed by atoms with Crippen molar-refractivity contribution < 1.29 is 0 Å². The minimum atomic E-state index is 0.0582. The van der Waals surface area contributed by atoms with Crippen LogP contribution in [-0.2, 0) is 7.05 Å². The summed E-state index contributed by atoms with van der Waals surface area (Å²) in [5.74, 6) is 0. The van der Waals surface area contributed by atoms with Crippen LogP contribution < -0.4 is 5.73 Å². The summed E-state index contributed by atoms with van der Waals surface area (Å²) in [6.07, 6.45) is 5.26. The molecule has 94 valence electrons. The molecule has 0 spiro atoms. The van der Waals surface area contributed by atoms with Gasteiger partial charge < -0.3 is 5.73 Å². The molecule has 2 unspecified atom stereocenters.